The van der Waals surface area contributed by atoms with Crippen LogP contribution in [0.25, 0.3) is 0 Å². The Morgan fingerprint density at radius 1 is 1.36 bits per heavy atom. The van der Waals surface area contributed by atoms with Crippen molar-refractivity contribution in [1.82, 2.24) is 0 Å². The van der Waals surface area contributed by atoms with Crippen molar-refractivity contribution in [1.29, 1.82) is 0 Å². The molecular formula is C9H12O2. The van der Waals surface area contributed by atoms with E-state index in [0.717, 1.165) is 49.4 Å². The molecule has 0 bridgehead atoms. The summed E-state index contributed by atoms with van der Waals surface area (Å²) >= 11 is 0. The van der Waals surface area contributed by atoms with Gasteiger partial charge in [-0.25, -0.2) is 0 Å². The second kappa shape index (κ2) is 3.96. The Hall–Kier alpha value is -1.05. The Kier molecular flexibility index (Phi) is 2.90. The van der Waals surface area contributed by atoms with E-state index >= 15 is 0 Å². The Morgan fingerprint density at radius 2 is 2.09 bits per heavy atom. The lowest BCUT2D eigenvalue weighted by Crippen LogP contribution is -1.82. The van der Waals surface area contributed by atoms with Crippen molar-refractivity contribution in [3.05, 3.63) is 23.5 Å². The minimum Gasteiger partial charge on any atom is -0.515 e. The van der Waals surface area contributed by atoms with Crippen molar-refractivity contribution in [3.8, 4) is 0 Å². The minimum atomic E-state index is 0.794. The summed E-state index contributed by atoms with van der Waals surface area (Å²) in [6.45, 7) is 0. The molecule has 1 rings (SSSR count). The Morgan fingerprint density at radius 3 is 2.73 bits per heavy atom. The highest BCUT2D eigenvalue weighted by molar-refractivity contribution is 5.74. The molecule has 0 radical (unpaired) electrons. The summed E-state index contributed by atoms with van der Waals surface area (Å²) in [4.78, 5) is 10.4. The topological polar surface area (TPSA) is 37.3 Å². The molecular weight excluding hydrogens is 140 g/mol. The lowest BCUT2D eigenvalue weighted by molar-refractivity contribution is -0.105. The van der Waals surface area contributed by atoms with Crippen molar-refractivity contribution in [2.24, 2.45) is 0 Å². The molecule has 0 saturated heterocycles. The average Bonchev–Trinajstić information content (AvgIpc) is 2.28. The van der Waals surface area contributed by atoms with Gasteiger partial charge in [0.15, 0.2) is 0 Å². The Labute approximate surface area is 66.2 Å². The Balaban J connectivity index is 2.75. The number of aliphatic hydroxyl groups is 1. The second-order valence-electron chi connectivity index (χ2n) is 2.75. The van der Waals surface area contributed by atoms with E-state index in [2.05, 4.69) is 0 Å². The molecule has 1 aliphatic carbocycles. The molecule has 0 unspecified atom stereocenters. The average molecular weight is 152 g/mol. The van der Waals surface area contributed by atoms with Crippen LogP contribution in [0.1, 0.15) is 25.7 Å². The molecule has 1 aliphatic rings. The highest BCUT2D eigenvalue weighted by Crippen LogP contribution is 2.19. The molecule has 0 heterocycles. The van der Waals surface area contributed by atoms with E-state index in [1.807, 2.05) is 0 Å². The van der Waals surface area contributed by atoms with Crippen LogP contribution in [0.2, 0.25) is 0 Å². The van der Waals surface area contributed by atoms with Gasteiger partial charge in [0.05, 0.1) is 6.26 Å². The number of rotatable bonds is 1. The third-order valence-electron chi connectivity index (χ3n) is 1.87. The fourth-order valence-corrected chi connectivity index (χ4v) is 1.24. The smallest absolute Gasteiger partial charge is 0.146 e. The SMILES string of the molecule is O=CC1=CC(=CO)CCCC1. The molecule has 0 saturated carbocycles. The summed E-state index contributed by atoms with van der Waals surface area (Å²) in [5.41, 5.74) is 1.66. The van der Waals surface area contributed by atoms with Crippen molar-refractivity contribution < 1.29 is 9.90 Å². The first-order valence-electron chi connectivity index (χ1n) is 3.86. The summed E-state index contributed by atoms with van der Waals surface area (Å²) in [6, 6.07) is 0. The molecule has 1 N–H and O–H groups in total. The summed E-state index contributed by atoms with van der Waals surface area (Å²) in [5, 5.41) is 8.71. The molecule has 0 spiro atoms. The van der Waals surface area contributed by atoms with E-state index in [1.165, 1.54) is 0 Å². The van der Waals surface area contributed by atoms with E-state index in [0.29, 0.717) is 0 Å². The predicted octanol–water partition coefficient (Wildman–Crippen LogP) is 2.13. The first-order chi connectivity index (χ1) is 5.36. The molecule has 0 amide bonds. The van der Waals surface area contributed by atoms with Crippen LogP contribution in [0.3, 0.4) is 0 Å². The van der Waals surface area contributed by atoms with Gasteiger partial charge < -0.3 is 5.11 Å². The van der Waals surface area contributed by atoms with E-state index in [1.54, 1.807) is 6.08 Å². The molecule has 0 fully saturated rings. The van der Waals surface area contributed by atoms with Crippen molar-refractivity contribution in [2.45, 2.75) is 25.7 Å². The van der Waals surface area contributed by atoms with Gasteiger partial charge in [0, 0.05) is 0 Å². The highest BCUT2D eigenvalue weighted by Gasteiger charge is 2.04. The van der Waals surface area contributed by atoms with Crippen LogP contribution in [0.4, 0.5) is 0 Å². The number of carbonyl (C=O) groups is 1. The van der Waals surface area contributed by atoms with Gasteiger partial charge in [-0.15, -0.1) is 0 Å². The first kappa shape index (κ1) is 8.05. The van der Waals surface area contributed by atoms with E-state index < -0.39 is 0 Å². The lowest BCUT2D eigenvalue weighted by atomic mass is 10.1. The van der Waals surface area contributed by atoms with Gasteiger partial charge in [-0.3, -0.25) is 4.79 Å². The van der Waals surface area contributed by atoms with Gasteiger partial charge in [0.25, 0.3) is 0 Å². The van der Waals surface area contributed by atoms with Crippen LogP contribution < -0.4 is 0 Å². The number of aldehydes is 1. The molecule has 2 nitrogen and oxygen atoms in total. The van der Waals surface area contributed by atoms with Gasteiger partial charge >= 0.3 is 0 Å². The zero-order valence-corrected chi connectivity index (χ0v) is 6.42. The van der Waals surface area contributed by atoms with Gasteiger partial charge in [0.2, 0.25) is 0 Å². The quantitative estimate of drug-likeness (QED) is 0.461. The summed E-state index contributed by atoms with van der Waals surface area (Å²) in [6.07, 6.45) is 7.57. The van der Waals surface area contributed by atoms with Gasteiger partial charge in [-0.2, -0.15) is 0 Å². The number of aliphatic hydroxyl groups excluding tert-OH is 1. The van der Waals surface area contributed by atoms with Crippen LogP contribution in [0, 0.1) is 0 Å². The fourth-order valence-electron chi connectivity index (χ4n) is 1.24. The van der Waals surface area contributed by atoms with Crippen LogP contribution in [-0.4, -0.2) is 11.4 Å². The van der Waals surface area contributed by atoms with Crippen molar-refractivity contribution in [3.63, 3.8) is 0 Å². The molecule has 11 heavy (non-hydrogen) atoms. The van der Waals surface area contributed by atoms with Crippen LogP contribution in [0.15, 0.2) is 23.5 Å². The maximum absolute atomic E-state index is 10.4. The zero-order valence-electron chi connectivity index (χ0n) is 6.42. The van der Waals surface area contributed by atoms with Crippen LogP contribution >= 0.6 is 0 Å². The summed E-state index contributed by atoms with van der Waals surface area (Å²) < 4.78 is 0. The van der Waals surface area contributed by atoms with E-state index in [4.69, 9.17) is 5.11 Å². The van der Waals surface area contributed by atoms with Crippen LogP contribution in [-0.2, 0) is 4.79 Å². The van der Waals surface area contributed by atoms with Gasteiger partial charge in [0.1, 0.15) is 6.29 Å². The third-order valence-corrected chi connectivity index (χ3v) is 1.87. The van der Waals surface area contributed by atoms with E-state index in [-0.39, 0.29) is 0 Å². The standard InChI is InChI=1S/C9H12O2/c10-6-8-3-1-2-4-9(5-8)7-11/h5-7,10H,1-4H2. The van der Waals surface area contributed by atoms with Gasteiger partial charge in [-0.1, -0.05) is 0 Å². The highest BCUT2D eigenvalue weighted by atomic mass is 16.2. The molecule has 0 aromatic carbocycles. The molecule has 0 aromatic rings. The number of hydrogen-bond acceptors (Lipinski definition) is 2. The molecule has 0 aliphatic heterocycles. The predicted molar refractivity (Wildman–Crippen MR) is 43.3 cm³/mol. The summed E-state index contributed by atoms with van der Waals surface area (Å²) in [7, 11) is 0. The first-order valence-corrected chi connectivity index (χ1v) is 3.86. The maximum atomic E-state index is 10.4. The second-order valence-corrected chi connectivity index (χ2v) is 2.75. The largest absolute Gasteiger partial charge is 0.515 e. The minimum absolute atomic E-state index is 0.794. The number of carbonyl (C=O) groups excluding carboxylic acids is 1. The number of hydrogen-bond donors (Lipinski definition) is 1. The normalized spacial score (nSPS) is 22.5. The van der Waals surface area contributed by atoms with Crippen molar-refractivity contribution in [2.75, 3.05) is 0 Å². The molecule has 60 valence electrons. The zero-order chi connectivity index (χ0) is 8.10. The van der Waals surface area contributed by atoms with Gasteiger partial charge in [-0.05, 0) is 42.9 Å². The third kappa shape index (κ3) is 2.22. The Bertz CT molecular complexity index is 202. The monoisotopic (exact) mass is 152 g/mol. The van der Waals surface area contributed by atoms with E-state index in [9.17, 15) is 4.79 Å². The van der Waals surface area contributed by atoms with Crippen molar-refractivity contribution >= 4 is 6.29 Å². The number of allylic oxidation sites excluding steroid dienone is 3. The molecule has 0 atom stereocenters. The molecule has 0 aromatic heterocycles. The fraction of sp³-hybridized carbons (Fsp3) is 0.444. The summed E-state index contributed by atoms with van der Waals surface area (Å²) in [5.74, 6) is 0. The van der Waals surface area contributed by atoms with Crippen LogP contribution in [0.5, 0.6) is 0 Å². The maximum Gasteiger partial charge on any atom is 0.146 e. The molecule has 2 heteroatoms. The lowest BCUT2D eigenvalue weighted by Gasteiger charge is -1.92.